The number of alkyl halides is 3. The zero-order chi connectivity index (χ0) is 25.1. The molecule has 1 aromatic heterocycles. The van der Waals surface area contributed by atoms with Crippen LogP contribution in [0, 0.1) is 0 Å². The lowest BCUT2D eigenvalue weighted by atomic mass is 10.1. The molecule has 0 unspecified atom stereocenters. The molecule has 0 radical (unpaired) electrons. The number of carbonyl (C=O) groups is 2. The van der Waals surface area contributed by atoms with E-state index in [0.29, 0.717) is 31.6 Å². The number of amides is 2. The van der Waals surface area contributed by atoms with E-state index in [0.717, 1.165) is 43.5 Å². The molecule has 2 amide bonds. The SMILES string of the molecule is CCCCC(=O)N(CC)CC(=O)N(CCCC)Cc1cccn1Cc1cccc(C(F)(F)F)c1. The van der Waals surface area contributed by atoms with Crippen molar-refractivity contribution >= 4 is 11.8 Å². The normalized spacial score (nSPS) is 11.5. The third-order valence-electron chi connectivity index (χ3n) is 5.82. The van der Waals surface area contributed by atoms with Crippen LogP contribution in [0.5, 0.6) is 0 Å². The van der Waals surface area contributed by atoms with E-state index in [2.05, 4.69) is 0 Å². The predicted octanol–water partition coefficient (Wildman–Crippen LogP) is 5.72. The minimum absolute atomic E-state index is 0.0129. The van der Waals surface area contributed by atoms with Gasteiger partial charge in [0, 0.05) is 37.9 Å². The first-order valence-corrected chi connectivity index (χ1v) is 12.0. The van der Waals surface area contributed by atoms with Crippen LogP contribution < -0.4 is 0 Å². The first-order chi connectivity index (χ1) is 16.2. The minimum Gasteiger partial charge on any atom is -0.345 e. The van der Waals surface area contributed by atoms with Gasteiger partial charge in [0.25, 0.3) is 0 Å². The number of aromatic nitrogens is 1. The summed E-state index contributed by atoms with van der Waals surface area (Å²) in [6.45, 7) is 7.63. The number of hydrogen-bond donors (Lipinski definition) is 0. The van der Waals surface area contributed by atoms with Gasteiger partial charge in [-0.1, -0.05) is 38.8 Å². The lowest BCUT2D eigenvalue weighted by molar-refractivity contribution is -0.140. The number of halogens is 3. The van der Waals surface area contributed by atoms with Gasteiger partial charge in [0.05, 0.1) is 18.7 Å². The number of likely N-dealkylation sites (N-methyl/N-ethyl adjacent to an activating group) is 1. The van der Waals surface area contributed by atoms with Crippen molar-refractivity contribution in [1.82, 2.24) is 14.4 Å². The first-order valence-electron chi connectivity index (χ1n) is 12.0. The summed E-state index contributed by atoms with van der Waals surface area (Å²) in [4.78, 5) is 28.9. The number of benzene rings is 1. The molecule has 5 nitrogen and oxygen atoms in total. The molecule has 0 aliphatic rings. The van der Waals surface area contributed by atoms with E-state index in [1.54, 1.807) is 15.9 Å². The Bertz CT molecular complexity index is 924. The average Bonchev–Trinajstić information content (AvgIpc) is 3.24. The molecule has 0 spiro atoms. The number of rotatable bonds is 13. The molecule has 2 aromatic rings. The molecule has 188 valence electrons. The van der Waals surface area contributed by atoms with E-state index < -0.39 is 11.7 Å². The highest BCUT2D eigenvalue weighted by molar-refractivity contribution is 5.84. The van der Waals surface area contributed by atoms with Crippen LogP contribution in [0.3, 0.4) is 0 Å². The fourth-order valence-electron chi connectivity index (χ4n) is 3.75. The van der Waals surface area contributed by atoms with Gasteiger partial charge in [-0.3, -0.25) is 9.59 Å². The lowest BCUT2D eigenvalue weighted by Crippen LogP contribution is -2.43. The Hall–Kier alpha value is -2.77. The van der Waals surface area contributed by atoms with Crippen molar-refractivity contribution in [3.63, 3.8) is 0 Å². The maximum atomic E-state index is 13.1. The van der Waals surface area contributed by atoms with Crippen LogP contribution in [0.2, 0.25) is 0 Å². The fourth-order valence-corrected chi connectivity index (χ4v) is 3.75. The summed E-state index contributed by atoms with van der Waals surface area (Å²) in [7, 11) is 0. The van der Waals surface area contributed by atoms with Gasteiger partial charge < -0.3 is 14.4 Å². The zero-order valence-corrected chi connectivity index (χ0v) is 20.4. The second-order valence-corrected chi connectivity index (χ2v) is 8.51. The highest BCUT2D eigenvalue weighted by atomic mass is 19.4. The fraction of sp³-hybridized carbons (Fsp3) is 0.538. The third-order valence-corrected chi connectivity index (χ3v) is 5.82. The van der Waals surface area contributed by atoms with Crippen molar-refractivity contribution in [2.45, 2.75) is 72.1 Å². The molecule has 34 heavy (non-hydrogen) atoms. The van der Waals surface area contributed by atoms with Crippen molar-refractivity contribution < 1.29 is 22.8 Å². The molecule has 0 saturated heterocycles. The first kappa shape index (κ1) is 27.5. The van der Waals surface area contributed by atoms with Crippen LogP contribution in [0.15, 0.2) is 42.6 Å². The van der Waals surface area contributed by atoms with Crippen LogP contribution in [0.1, 0.15) is 69.7 Å². The van der Waals surface area contributed by atoms with E-state index in [-0.39, 0.29) is 24.9 Å². The van der Waals surface area contributed by atoms with Gasteiger partial charge in [-0.15, -0.1) is 0 Å². The van der Waals surface area contributed by atoms with Gasteiger partial charge in [-0.25, -0.2) is 0 Å². The van der Waals surface area contributed by atoms with Crippen molar-refractivity contribution in [3.05, 3.63) is 59.4 Å². The average molecular weight is 480 g/mol. The van der Waals surface area contributed by atoms with Crippen molar-refractivity contribution in [1.29, 1.82) is 0 Å². The van der Waals surface area contributed by atoms with Gasteiger partial charge in [0.1, 0.15) is 0 Å². The highest BCUT2D eigenvalue weighted by Gasteiger charge is 2.30. The summed E-state index contributed by atoms with van der Waals surface area (Å²) < 4.78 is 41.1. The quantitative estimate of drug-likeness (QED) is 0.369. The molecule has 8 heteroatoms. The molecule has 0 aliphatic heterocycles. The van der Waals surface area contributed by atoms with Crippen LogP contribution in [0.25, 0.3) is 0 Å². The van der Waals surface area contributed by atoms with Crippen LogP contribution >= 0.6 is 0 Å². The van der Waals surface area contributed by atoms with Gasteiger partial charge in [0.15, 0.2) is 0 Å². The van der Waals surface area contributed by atoms with Gasteiger partial charge in [-0.2, -0.15) is 13.2 Å². The number of nitrogens with zero attached hydrogens (tertiary/aromatic N) is 3. The molecule has 0 saturated carbocycles. The monoisotopic (exact) mass is 479 g/mol. The molecule has 0 atom stereocenters. The van der Waals surface area contributed by atoms with Crippen LogP contribution in [-0.4, -0.2) is 45.8 Å². The van der Waals surface area contributed by atoms with E-state index >= 15 is 0 Å². The molecule has 0 bridgehead atoms. The van der Waals surface area contributed by atoms with Crippen molar-refractivity contribution in [2.75, 3.05) is 19.6 Å². The maximum Gasteiger partial charge on any atom is 0.416 e. The molecule has 0 fully saturated rings. The summed E-state index contributed by atoms with van der Waals surface area (Å²) in [5.41, 5.74) is 0.700. The second kappa shape index (κ2) is 13.2. The number of carbonyl (C=O) groups excluding carboxylic acids is 2. The van der Waals surface area contributed by atoms with Gasteiger partial charge in [0.2, 0.25) is 11.8 Å². The van der Waals surface area contributed by atoms with E-state index in [1.165, 1.54) is 6.07 Å². The largest absolute Gasteiger partial charge is 0.416 e. The molecule has 1 heterocycles. The van der Waals surface area contributed by atoms with Crippen molar-refractivity contribution in [2.24, 2.45) is 0 Å². The minimum atomic E-state index is -4.39. The van der Waals surface area contributed by atoms with Crippen molar-refractivity contribution in [3.8, 4) is 0 Å². The standard InChI is InChI=1S/C26H36F3N3O2/c1-4-7-14-24(33)30(6-3)20-25(34)32(15-8-5-2)19-23-13-10-16-31(23)18-21-11-9-12-22(17-21)26(27,28)29/h9-13,16-17H,4-8,14-15,18-20H2,1-3H3. The molecule has 2 rings (SSSR count). The van der Waals surface area contributed by atoms with E-state index in [9.17, 15) is 22.8 Å². The summed E-state index contributed by atoms with van der Waals surface area (Å²) in [5.74, 6) is -0.131. The Labute approximate surface area is 200 Å². The topological polar surface area (TPSA) is 45.6 Å². The Morgan fingerprint density at radius 2 is 1.68 bits per heavy atom. The Balaban J connectivity index is 2.14. The Kier molecular flexibility index (Phi) is 10.7. The summed E-state index contributed by atoms with van der Waals surface area (Å²) in [6, 6.07) is 9.01. The highest BCUT2D eigenvalue weighted by Crippen LogP contribution is 2.29. The third kappa shape index (κ3) is 8.22. The molecular formula is C26H36F3N3O2. The molecule has 1 aromatic carbocycles. The van der Waals surface area contributed by atoms with Gasteiger partial charge >= 0.3 is 6.18 Å². The van der Waals surface area contributed by atoms with Crippen LogP contribution in [-0.2, 0) is 28.9 Å². The molecule has 0 aliphatic carbocycles. The Morgan fingerprint density at radius 1 is 0.941 bits per heavy atom. The van der Waals surface area contributed by atoms with E-state index in [1.807, 2.05) is 43.7 Å². The molecule has 0 N–H and O–H groups in total. The number of hydrogen-bond acceptors (Lipinski definition) is 2. The summed E-state index contributed by atoms with van der Waals surface area (Å²) in [5, 5.41) is 0. The number of unbranched alkanes of at least 4 members (excludes halogenated alkanes) is 2. The maximum absolute atomic E-state index is 13.1. The van der Waals surface area contributed by atoms with Gasteiger partial charge in [-0.05, 0) is 49.6 Å². The van der Waals surface area contributed by atoms with E-state index in [4.69, 9.17) is 0 Å². The summed E-state index contributed by atoms with van der Waals surface area (Å²) >= 11 is 0. The lowest BCUT2D eigenvalue weighted by Gasteiger charge is -2.27. The summed E-state index contributed by atoms with van der Waals surface area (Å²) in [6.07, 6.45) is 1.32. The smallest absolute Gasteiger partial charge is 0.345 e. The second-order valence-electron chi connectivity index (χ2n) is 8.51. The predicted molar refractivity (Wildman–Crippen MR) is 127 cm³/mol. The Morgan fingerprint density at radius 3 is 2.32 bits per heavy atom. The molecular weight excluding hydrogens is 443 g/mol. The zero-order valence-electron chi connectivity index (χ0n) is 20.4. The van der Waals surface area contributed by atoms with Crippen LogP contribution in [0.4, 0.5) is 13.2 Å².